The van der Waals surface area contributed by atoms with Crippen molar-refractivity contribution in [2.24, 2.45) is 5.92 Å². The Labute approximate surface area is 97.5 Å². The minimum atomic E-state index is 0.610. The van der Waals surface area contributed by atoms with Gasteiger partial charge < -0.3 is 14.5 Å². The van der Waals surface area contributed by atoms with Crippen LogP contribution >= 0.6 is 0 Å². The van der Waals surface area contributed by atoms with Crippen molar-refractivity contribution in [3.05, 3.63) is 30.2 Å². The predicted octanol–water partition coefficient (Wildman–Crippen LogP) is 2.56. The van der Waals surface area contributed by atoms with E-state index in [0.717, 1.165) is 32.1 Å². The van der Waals surface area contributed by atoms with Gasteiger partial charge >= 0.3 is 0 Å². The molecule has 16 heavy (non-hydrogen) atoms. The maximum absolute atomic E-state index is 5.44. The van der Waals surface area contributed by atoms with Crippen molar-refractivity contribution >= 4 is 6.08 Å². The lowest BCUT2D eigenvalue weighted by atomic mass is 10.2. The van der Waals surface area contributed by atoms with Gasteiger partial charge in [-0.3, -0.25) is 0 Å². The van der Waals surface area contributed by atoms with Crippen LogP contribution in [0.2, 0.25) is 0 Å². The highest BCUT2D eigenvalue weighted by Gasteiger charge is 1.92. The lowest BCUT2D eigenvalue weighted by Crippen LogP contribution is -2.20. The molecule has 0 atom stereocenters. The highest BCUT2D eigenvalue weighted by molar-refractivity contribution is 5.42. The van der Waals surface area contributed by atoms with Crippen molar-refractivity contribution in [2.75, 3.05) is 26.3 Å². The van der Waals surface area contributed by atoms with Crippen LogP contribution in [0.25, 0.3) is 6.08 Å². The van der Waals surface area contributed by atoms with Gasteiger partial charge in [0.1, 0.15) is 5.76 Å². The van der Waals surface area contributed by atoms with E-state index in [2.05, 4.69) is 19.2 Å². The van der Waals surface area contributed by atoms with Crippen LogP contribution in [0.4, 0.5) is 0 Å². The van der Waals surface area contributed by atoms with Crippen LogP contribution in [0, 0.1) is 5.92 Å². The van der Waals surface area contributed by atoms with Crippen molar-refractivity contribution in [1.82, 2.24) is 5.32 Å². The number of nitrogens with one attached hydrogen (secondary N) is 1. The Morgan fingerprint density at radius 2 is 2.38 bits per heavy atom. The summed E-state index contributed by atoms with van der Waals surface area (Å²) >= 11 is 0. The van der Waals surface area contributed by atoms with Crippen molar-refractivity contribution in [2.45, 2.75) is 13.8 Å². The Morgan fingerprint density at radius 3 is 3.06 bits per heavy atom. The maximum Gasteiger partial charge on any atom is 0.126 e. The zero-order chi connectivity index (χ0) is 11.6. The second kappa shape index (κ2) is 8.13. The van der Waals surface area contributed by atoms with Gasteiger partial charge in [-0.2, -0.15) is 0 Å². The lowest BCUT2D eigenvalue weighted by Gasteiger charge is -2.06. The molecule has 1 N–H and O–H groups in total. The first kappa shape index (κ1) is 13.0. The summed E-state index contributed by atoms with van der Waals surface area (Å²) in [6.45, 7) is 7.64. The van der Waals surface area contributed by atoms with Gasteiger partial charge in [-0.05, 0) is 24.1 Å². The molecule has 0 aromatic carbocycles. The van der Waals surface area contributed by atoms with E-state index in [0.29, 0.717) is 5.92 Å². The van der Waals surface area contributed by atoms with E-state index in [-0.39, 0.29) is 0 Å². The number of ether oxygens (including phenoxy) is 1. The van der Waals surface area contributed by atoms with Crippen molar-refractivity contribution < 1.29 is 9.15 Å². The Balaban J connectivity index is 1.92. The first-order chi connectivity index (χ1) is 7.79. The Kier molecular flexibility index (Phi) is 6.61. The molecule has 0 saturated heterocycles. The molecular weight excluding hydrogens is 202 g/mol. The minimum absolute atomic E-state index is 0.610. The van der Waals surface area contributed by atoms with Gasteiger partial charge in [0.2, 0.25) is 0 Å². The molecule has 1 aromatic rings. The Bertz CT molecular complexity index is 278. The van der Waals surface area contributed by atoms with Crippen LogP contribution in [0.3, 0.4) is 0 Å². The molecular formula is C13H21NO2. The molecule has 0 spiro atoms. The Morgan fingerprint density at radius 1 is 1.50 bits per heavy atom. The first-order valence-corrected chi connectivity index (χ1v) is 5.77. The fourth-order valence-corrected chi connectivity index (χ4v) is 1.21. The average molecular weight is 223 g/mol. The fourth-order valence-electron chi connectivity index (χ4n) is 1.21. The lowest BCUT2D eigenvalue weighted by molar-refractivity contribution is 0.112. The SMILES string of the molecule is CC(C)COCCNC/C=C/c1ccco1. The zero-order valence-corrected chi connectivity index (χ0v) is 10.1. The van der Waals surface area contributed by atoms with E-state index in [1.807, 2.05) is 24.3 Å². The molecule has 1 rings (SSSR count). The minimum Gasteiger partial charge on any atom is -0.465 e. The highest BCUT2D eigenvalue weighted by Crippen LogP contribution is 2.01. The quantitative estimate of drug-likeness (QED) is 0.688. The van der Waals surface area contributed by atoms with Crippen molar-refractivity contribution in [3.8, 4) is 0 Å². The summed E-state index contributed by atoms with van der Waals surface area (Å²) in [5.41, 5.74) is 0. The molecule has 0 amide bonds. The third kappa shape index (κ3) is 6.43. The highest BCUT2D eigenvalue weighted by atomic mass is 16.5. The van der Waals surface area contributed by atoms with Gasteiger partial charge in [0.25, 0.3) is 0 Å². The molecule has 0 aliphatic carbocycles. The maximum atomic E-state index is 5.44. The first-order valence-electron chi connectivity index (χ1n) is 5.77. The third-order valence-corrected chi connectivity index (χ3v) is 1.96. The van der Waals surface area contributed by atoms with Gasteiger partial charge in [0.15, 0.2) is 0 Å². The predicted molar refractivity (Wildman–Crippen MR) is 66.3 cm³/mol. The molecule has 3 heteroatoms. The summed E-state index contributed by atoms with van der Waals surface area (Å²) in [5, 5.41) is 3.27. The van der Waals surface area contributed by atoms with Crippen molar-refractivity contribution in [1.29, 1.82) is 0 Å². The fraction of sp³-hybridized carbons (Fsp3) is 0.538. The van der Waals surface area contributed by atoms with Crippen LogP contribution in [0.5, 0.6) is 0 Å². The van der Waals surface area contributed by atoms with Crippen LogP contribution in [-0.4, -0.2) is 26.3 Å². The monoisotopic (exact) mass is 223 g/mol. The summed E-state index contributed by atoms with van der Waals surface area (Å²) in [6, 6.07) is 3.81. The van der Waals surface area contributed by atoms with E-state index in [9.17, 15) is 0 Å². The van der Waals surface area contributed by atoms with Gasteiger partial charge in [-0.15, -0.1) is 0 Å². The van der Waals surface area contributed by atoms with Gasteiger partial charge in [-0.1, -0.05) is 19.9 Å². The van der Waals surface area contributed by atoms with E-state index < -0.39 is 0 Å². The largest absolute Gasteiger partial charge is 0.465 e. The topological polar surface area (TPSA) is 34.4 Å². The van der Waals surface area contributed by atoms with Gasteiger partial charge in [-0.25, -0.2) is 0 Å². The molecule has 90 valence electrons. The number of rotatable bonds is 8. The molecule has 0 aliphatic rings. The van der Waals surface area contributed by atoms with E-state index in [4.69, 9.17) is 9.15 Å². The molecule has 0 radical (unpaired) electrons. The molecule has 0 bridgehead atoms. The molecule has 1 aromatic heterocycles. The molecule has 0 unspecified atom stereocenters. The molecule has 0 aliphatic heterocycles. The summed E-state index contributed by atoms with van der Waals surface area (Å²) in [7, 11) is 0. The molecule has 0 fully saturated rings. The smallest absolute Gasteiger partial charge is 0.126 e. The summed E-state index contributed by atoms with van der Waals surface area (Å²) < 4.78 is 10.6. The second-order valence-electron chi connectivity index (χ2n) is 4.09. The van der Waals surface area contributed by atoms with Crippen molar-refractivity contribution in [3.63, 3.8) is 0 Å². The third-order valence-electron chi connectivity index (χ3n) is 1.96. The standard InChI is InChI=1S/C13H21NO2/c1-12(2)11-15-10-8-14-7-3-5-13-6-4-9-16-13/h3-6,9,12,14H,7-8,10-11H2,1-2H3/b5-3+. The van der Waals surface area contributed by atoms with Gasteiger partial charge in [0.05, 0.1) is 12.9 Å². The normalized spacial score (nSPS) is 11.7. The summed E-state index contributed by atoms with van der Waals surface area (Å²) in [4.78, 5) is 0. The van der Waals surface area contributed by atoms with E-state index in [1.54, 1.807) is 6.26 Å². The summed E-state index contributed by atoms with van der Waals surface area (Å²) in [6.07, 6.45) is 5.68. The average Bonchev–Trinajstić information content (AvgIpc) is 2.74. The number of hydrogen-bond donors (Lipinski definition) is 1. The number of hydrogen-bond acceptors (Lipinski definition) is 3. The van der Waals surface area contributed by atoms with E-state index in [1.165, 1.54) is 0 Å². The van der Waals surface area contributed by atoms with Crippen LogP contribution in [-0.2, 0) is 4.74 Å². The Hall–Kier alpha value is -1.06. The van der Waals surface area contributed by atoms with Gasteiger partial charge in [0, 0.05) is 19.7 Å². The number of furan rings is 1. The van der Waals surface area contributed by atoms with Crippen LogP contribution in [0.1, 0.15) is 19.6 Å². The molecule has 1 heterocycles. The van der Waals surface area contributed by atoms with Crippen LogP contribution in [0.15, 0.2) is 28.9 Å². The second-order valence-corrected chi connectivity index (χ2v) is 4.09. The molecule has 0 saturated carbocycles. The zero-order valence-electron chi connectivity index (χ0n) is 10.1. The van der Waals surface area contributed by atoms with Crippen LogP contribution < -0.4 is 5.32 Å². The molecule has 3 nitrogen and oxygen atoms in total. The summed E-state index contributed by atoms with van der Waals surface area (Å²) in [5.74, 6) is 1.50. The van der Waals surface area contributed by atoms with E-state index >= 15 is 0 Å².